The standard InChI is InChI=1S/C21H31N5O5/c1-31-17-4-2-16(3-5-17)23-19(28)14-18-21(30)22-6-7-26(18)20(29)15-25-10-8-24(9-11-25)12-13-27/h2-5,18,27H,6-15H2,1H3,(H,22,30)(H,23,28)/t18-/m1/s1. The van der Waals surface area contributed by atoms with E-state index in [9.17, 15) is 14.4 Å². The number of rotatable bonds is 8. The van der Waals surface area contributed by atoms with Crippen molar-refractivity contribution in [1.29, 1.82) is 0 Å². The maximum atomic E-state index is 12.9. The number of ether oxygens (including phenoxy) is 1. The third-order valence-corrected chi connectivity index (χ3v) is 5.64. The number of carbonyl (C=O) groups excluding carboxylic acids is 3. The van der Waals surface area contributed by atoms with Crippen LogP contribution in [-0.2, 0) is 14.4 Å². The summed E-state index contributed by atoms with van der Waals surface area (Å²) in [7, 11) is 1.57. The highest BCUT2D eigenvalue weighted by Crippen LogP contribution is 2.17. The van der Waals surface area contributed by atoms with Crippen LogP contribution < -0.4 is 15.4 Å². The second-order valence-corrected chi connectivity index (χ2v) is 7.72. The summed E-state index contributed by atoms with van der Waals surface area (Å²) >= 11 is 0. The fourth-order valence-corrected chi connectivity index (χ4v) is 3.87. The van der Waals surface area contributed by atoms with Gasteiger partial charge in [-0.05, 0) is 24.3 Å². The molecule has 10 nitrogen and oxygen atoms in total. The van der Waals surface area contributed by atoms with Gasteiger partial charge in [0.1, 0.15) is 11.8 Å². The van der Waals surface area contributed by atoms with E-state index in [1.807, 2.05) is 0 Å². The Bertz CT molecular complexity index is 764. The molecule has 2 aliphatic rings. The molecule has 0 radical (unpaired) electrons. The van der Waals surface area contributed by atoms with Gasteiger partial charge in [-0.3, -0.25) is 24.2 Å². The number of carbonyl (C=O) groups is 3. The first-order valence-corrected chi connectivity index (χ1v) is 10.6. The quantitative estimate of drug-likeness (QED) is 0.480. The van der Waals surface area contributed by atoms with Crippen molar-refractivity contribution in [2.45, 2.75) is 12.5 Å². The van der Waals surface area contributed by atoms with Crippen molar-refractivity contribution in [2.75, 3.05) is 71.4 Å². The zero-order valence-electron chi connectivity index (χ0n) is 17.9. The third-order valence-electron chi connectivity index (χ3n) is 5.64. The minimum absolute atomic E-state index is 0.103. The Morgan fingerprint density at radius 2 is 1.81 bits per heavy atom. The Morgan fingerprint density at radius 3 is 2.45 bits per heavy atom. The molecule has 0 saturated carbocycles. The van der Waals surface area contributed by atoms with E-state index in [1.54, 1.807) is 31.4 Å². The molecule has 2 saturated heterocycles. The number of aliphatic hydroxyl groups excluding tert-OH is 1. The lowest BCUT2D eigenvalue weighted by molar-refractivity contribution is -0.145. The molecule has 10 heteroatoms. The molecule has 0 bridgehead atoms. The molecular weight excluding hydrogens is 402 g/mol. The molecule has 0 aromatic heterocycles. The van der Waals surface area contributed by atoms with Crippen LogP contribution in [0.5, 0.6) is 5.75 Å². The van der Waals surface area contributed by atoms with Crippen molar-refractivity contribution >= 4 is 23.4 Å². The Hall–Kier alpha value is -2.69. The molecule has 170 valence electrons. The van der Waals surface area contributed by atoms with Crippen molar-refractivity contribution in [3.63, 3.8) is 0 Å². The van der Waals surface area contributed by atoms with Crippen LogP contribution in [0.4, 0.5) is 5.69 Å². The van der Waals surface area contributed by atoms with Crippen LogP contribution in [0.3, 0.4) is 0 Å². The molecule has 3 N–H and O–H groups in total. The van der Waals surface area contributed by atoms with Gasteiger partial charge in [0.25, 0.3) is 0 Å². The highest BCUT2D eigenvalue weighted by atomic mass is 16.5. The van der Waals surface area contributed by atoms with Gasteiger partial charge in [0, 0.05) is 51.5 Å². The van der Waals surface area contributed by atoms with Crippen molar-refractivity contribution in [3.05, 3.63) is 24.3 Å². The van der Waals surface area contributed by atoms with Crippen molar-refractivity contribution in [1.82, 2.24) is 20.0 Å². The second kappa shape index (κ2) is 11.1. The van der Waals surface area contributed by atoms with Crippen LogP contribution in [0.2, 0.25) is 0 Å². The second-order valence-electron chi connectivity index (χ2n) is 7.72. The molecule has 3 amide bonds. The van der Waals surface area contributed by atoms with Gasteiger partial charge in [0.05, 0.1) is 26.7 Å². The first kappa shape index (κ1) is 23.0. The summed E-state index contributed by atoms with van der Waals surface area (Å²) in [5.74, 6) is -0.105. The highest BCUT2D eigenvalue weighted by molar-refractivity contribution is 5.97. The van der Waals surface area contributed by atoms with E-state index in [-0.39, 0.29) is 37.3 Å². The Labute approximate surface area is 182 Å². The zero-order chi connectivity index (χ0) is 22.2. The van der Waals surface area contributed by atoms with E-state index in [0.29, 0.717) is 31.1 Å². The number of nitrogens with zero attached hydrogens (tertiary/aromatic N) is 3. The normalized spacial score (nSPS) is 20.3. The number of anilines is 1. The SMILES string of the molecule is COc1ccc(NC(=O)C[C@@H]2C(=O)NCCN2C(=O)CN2CCN(CCO)CC2)cc1. The minimum atomic E-state index is -0.824. The maximum absolute atomic E-state index is 12.9. The molecule has 0 aliphatic carbocycles. The molecule has 1 aromatic rings. The number of β-amino-alcohol motifs (C(OH)–C–C–N with tert-alkyl or cyclic N) is 1. The van der Waals surface area contributed by atoms with Crippen LogP contribution in [0.15, 0.2) is 24.3 Å². The molecule has 2 heterocycles. The number of methoxy groups -OCH3 is 1. The summed E-state index contributed by atoms with van der Waals surface area (Å²) < 4.78 is 5.10. The average Bonchev–Trinajstić information content (AvgIpc) is 2.77. The molecule has 3 rings (SSSR count). The predicted octanol–water partition coefficient (Wildman–Crippen LogP) is -1.04. The van der Waals surface area contributed by atoms with E-state index >= 15 is 0 Å². The molecule has 0 spiro atoms. The monoisotopic (exact) mass is 433 g/mol. The van der Waals surface area contributed by atoms with Crippen LogP contribution in [0.25, 0.3) is 0 Å². The van der Waals surface area contributed by atoms with Crippen molar-refractivity contribution < 1.29 is 24.2 Å². The molecule has 2 fully saturated rings. The van der Waals surface area contributed by atoms with Gasteiger partial charge in [-0.15, -0.1) is 0 Å². The van der Waals surface area contributed by atoms with Crippen LogP contribution in [0, 0.1) is 0 Å². The lowest BCUT2D eigenvalue weighted by atomic mass is 10.1. The lowest BCUT2D eigenvalue weighted by Gasteiger charge is -2.38. The molecule has 2 aliphatic heterocycles. The van der Waals surface area contributed by atoms with E-state index in [0.717, 1.165) is 26.2 Å². The Kier molecular flexibility index (Phi) is 8.21. The van der Waals surface area contributed by atoms with Gasteiger partial charge in [0.15, 0.2) is 0 Å². The molecule has 31 heavy (non-hydrogen) atoms. The maximum Gasteiger partial charge on any atom is 0.243 e. The summed E-state index contributed by atoms with van der Waals surface area (Å²) in [5.41, 5.74) is 0.598. The van der Waals surface area contributed by atoms with Gasteiger partial charge in [-0.1, -0.05) is 0 Å². The lowest BCUT2D eigenvalue weighted by Crippen LogP contribution is -2.60. The topological polar surface area (TPSA) is 114 Å². The van der Waals surface area contributed by atoms with Gasteiger partial charge >= 0.3 is 0 Å². The average molecular weight is 434 g/mol. The summed E-state index contributed by atoms with van der Waals surface area (Å²) in [6, 6.07) is 6.09. The smallest absolute Gasteiger partial charge is 0.243 e. The first-order valence-electron chi connectivity index (χ1n) is 10.6. The van der Waals surface area contributed by atoms with E-state index < -0.39 is 6.04 Å². The number of hydrogen-bond acceptors (Lipinski definition) is 7. The molecular formula is C21H31N5O5. The van der Waals surface area contributed by atoms with Gasteiger partial charge in [-0.25, -0.2) is 0 Å². The summed E-state index contributed by atoms with van der Waals surface area (Å²) in [4.78, 5) is 43.7. The number of hydrogen-bond donors (Lipinski definition) is 3. The summed E-state index contributed by atoms with van der Waals surface area (Å²) in [6.45, 7) is 4.80. The fraction of sp³-hybridized carbons (Fsp3) is 0.571. The Balaban J connectivity index is 1.55. The van der Waals surface area contributed by atoms with Crippen LogP contribution in [0.1, 0.15) is 6.42 Å². The number of benzene rings is 1. The molecule has 1 aromatic carbocycles. The number of nitrogens with one attached hydrogen (secondary N) is 2. The van der Waals surface area contributed by atoms with Crippen LogP contribution >= 0.6 is 0 Å². The van der Waals surface area contributed by atoms with Gasteiger partial charge in [0.2, 0.25) is 17.7 Å². The number of aliphatic hydroxyl groups is 1. The van der Waals surface area contributed by atoms with Gasteiger partial charge < -0.3 is 25.4 Å². The molecule has 0 unspecified atom stereocenters. The van der Waals surface area contributed by atoms with Gasteiger partial charge in [-0.2, -0.15) is 0 Å². The zero-order valence-corrected chi connectivity index (χ0v) is 17.9. The van der Waals surface area contributed by atoms with E-state index in [4.69, 9.17) is 9.84 Å². The summed E-state index contributed by atoms with van der Waals surface area (Å²) in [5, 5.41) is 14.6. The number of amides is 3. The highest BCUT2D eigenvalue weighted by Gasteiger charge is 2.35. The first-order chi connectivity index (χ1) is 15.0. The van der Waals surface area contributed by atoms with Crippen LogP contribution in [-0.4, -0.2) is 110 Å². The number of piperazine rings is 2. The van der Waals surface area contributed by atoms with E-state index in [2.05, 4.69) is 20.4 Å². The molecule has 1 atom stereocenters. The fourth-order valence-electron chi connectivity index (χ4n) is 3.87. The Morgan fingerprint density at radius 1 is 1.13 bits per heavy atom. The summed E-state index contributed by atoms with van der Waals surface area (Å²) in [6.07, 6.45) is -0.103. The van der Waals surface area contributed by atoms with Crippen molar-refractivity contribution in [2.24, 2.45) is 0 Å². The predicted molar refractivity (Wildman–Crippen MR) is 115 cm³/mol. The van der Waals surface area contributed by atoms with Crippen molar-refractivity contribution in [3.8, 4) is 5.75 Å². The minimum Gasteiger partial charge on any atom is -0.497 e. The largest absolute Gasteiger partial charge is 0.497 e. The third kappa shape index (κ3) is 6.39. The van der Waals surface area contributed by atoms with E-state index in [1.165, 1.54) is 4.90 Å².